The lowest BCUT2D eigenvalue weighted by Crippen LogP contribution is -2.42. The molecule has 5 heteroatoms. The van der Waals surface area contributed by atoms with E-state index in [1.165, 1.54) is 12.1 Å². The first-order valence-corrected chi connectivity index (χ1v) is 7.11. The number of hydrogen-bond donors (Lipinski definition) is 2. The predicted octanol–water partition coefficient (Wildman–Crippen LogP) is 2.31. The first-order chi connectivity index (χ1) is 9.69. The maximum atomic E-state index is 13.4. The highest BCUT2D eigenvalue weighted by Gasteiger charge is 2.27. The van der Waals surface area contributed by atoms with E-state index < -0.39 is 5.41 Å². The third-order valence-electron chi connectivity index (χ3n) is 3.63. The summed E-state index contributed by atoms with van der Waals surface area (Å²) in [6, 6.07) is 4.80. The summed E-state index contributed by atoms with van der Waals surface area (Å²) in [5, 5.41) is 6.03. The molecule has 0 aliphatic heterocycles. The van der Waals surface area contributed by atoms with E-state index in [1.807, 2.05) is 39.8 Å². The summed E-state index contributed by atoms with van der Waals surface area (Å²) in [7, 11) is 5.41. The Morgan fingerprint density at radius 2 is 2.00 bits per heavy atom. The summed E-state index contributed by atoms with van der Waals surface area (Å²) >= 11 is 0. The zero-order chi connectivity index (χ0) is 16.2. The highest BCUT2D eigenvalue weighted by Crippen LogP contribution is 2.27. The van der Waals surface area contributed by atoms with E-state index in [1.54, 1.807) is 13.1 Å². The average molecular weight is 295 g/mol. The average Bonchev–Trinajstić information content (AvgIpc) is 2.43. The van der Waals surface area contributed by atoms with Gasteiger partial charge in [0, 0.05) is 39.4 Å². The second kappa shape index (κ2) is 6.89. The van der Waals surface area contributed by atoms with Crippen molar-refractivity contribution in [3.8, 4) is 0 Å². The van der Waals surface area contributed by atoms with Gasteiger partial charge in [-0.1, -0.05) is 6.07 Å². The second-order valence-corrected chi connectivity index (χ2v) is 6.16. The van der Waals surface area contributed by atoms with Gasteiger partial charge in [-0.2, -0.15) is 0 Å². The number of carbonyl (C=O) groups is 1. The molecule has 21 heavy (non-hydrogen) atoms. The summed E-state index contributed by atoms with van der Waals surface area (Å²) in [4.78, 5) is 13.7. The molecular weight excluding hydrogens is 269 g/mol. The Morgan fingerprint density at radius 3 is 2.52 bits per heavy atom. The van der Waals surface area contributed by atoms with Gasteiger partial charge in [-0.25, -0.2) is 4.39 Å². The smallest absolute Gasteiger partial charge is 0.226 e. The van der Waals surface area contributed by atoms with Crippen LogP contribution in [0.1, 0.15) is 32.4 Å². The zero-order valence-electron chi connectivity index (χ0n) is 13.7. The highest BCUT2D eigenvalue weighted by molar-refractivity contribution is 5.81. The van der Waals surface area contributed by atoms with E-state index in [0.29, 0.717) is 6.54 Å². The van der Waals surface area contributed by atoms with Crippen molar-refractivity contribution in [1.82, 2.24) is 10.6 Å². The standard InChI is InChI=1S/C16H26FN3O/c1-11(19-10-16(2,3)15(21)18-4)13-8-7-12(17)9-14(13)20(5)6/h7-9,11,19H,10H2,1-6H3,(H,18,21)/t11-/m1/s1. The third-order valence-corrected chi connectivity index (χ3v) is 3.63. The van der Waals surface area contributed by atoms with Gasteiger partial charge < -0.3 is 15.5 Å². The maximum absolute atomic E-state index is 13.4. The molecule has 0 aliphatic carbocycles. The van der Waals surface area contributed by atoms with Crippen molar-refractivity contribution >= 4 is 11.6 Å². The molecule has 0 spiro atoms. The van der Waals surface area contributed by atoms with Gasteiger partial charge in [0.2, 0.25) is 5.91 Å². The summed E-state index contributed by atoms with van der Waals surface area (Å²) in [6.07, 6.45) is 0. The second-order valence-electron chi connectivity index (χ2n) is 6.16. The van der Waals surface area contributed by atoms with Gasteiger partial charge in [-0.05, 0) is 38.5 Å². The number of carbonyl (C=O) groups excluding carboxylic acids is 1. The zero-order valence-corrected chi connectivity index (χ0v) is 13.7. The molecular formula is C16H26FN3O. The van der Waals surface area contributed by atoms with Crippen molar-refractivity contribution in [3.63, 3.8) is 0 Å². The van der Waals surface area contributed by atoms with Crippen LogP contribution in [0, 0.1) is 11.2 Å². The van der Waals surface area contributed by atoms with E-state index in [2.05, 4.69) is 10.6 Å². The molecule has 2 N–H and O–H groups in total. The van der Waals surface area contributed by atoms with Crippen LogP contribution in [-0.4, -0.2) is 33.6 Å². The van der Waals surface area contributed by atoms with E-state index >= 15 is 0 Å². The SMILES string of the molecule is CNC(=O)C(C)(C)CN[C@H](C)c1ccc(F)cc1N(C)C. The summed E-state index contributed by atoms with van der Waals surface area (Å²) in [5.41, 5.74) is 1.35. The lowest BCUT2D eigenvalue weighted by atomic mass is 9.91. The van der Waals surface area contributed by atoms with Gasteiger partial charge in [0.25, 0.3) is 0 Å². The third kappa shape index (κ3) is 4.43. The molecule has 1 aromatic rings. The minimum Gasteiger partial charge on any atom is -0.377 e. The molecule has 0 bridgehead atoms. The Bertz CT molecular complexity index is 500. The molecule has 0 aliphatic rings. The molecule has 0 aromatic heterocycles. The molecule has 1 rings (SSSR count). The summed E-state index contributed by atoms with van der Waals surface area (Å²) in [6.45, 7) is 6.34. The van der Waals surface area contributed by atoms with Gasteiger partial charge in [-0.3, -0.25) is 4.79 Å². The number of halogens is 1. The lowest BCUT2D eigenvalue weighted by Gasteiger charge is -2.27. The molecule has 0 heterocycles. The molecule has 0 radical (unpaired) electrons. The maximum Gasteiger partial charge on any atom is 0.226 e. The van der Waals surface area contributed by atoms with Crippen LogP contribution in [0.15, 0.2) is 18.2 Å². The molecule has 1 atom stereocenters. The molecule has 0 saturated carbocycles. The van der Waals surface area contributed by atoms with Gasteiger partial charge in [0.05, 0.1) is 5.41 Å². The normalized spacial score (nSPS) is 12.9. The molecule has 1 amide bonds. The van der Waals surface area contributed by atoms with Crippen LogP contribution < -0.4 is 15.5 Å². The topological polar surface area (TPSA) is 44.4 Å². The van der Waals surface area contributed by atoms with Crippen molar-refractivity contribution < 1.29 is 9.18 Å². The Kier molecular flexibility index (Phi) is 5.72. The highest BCUT2D eigenvalue weighted by atomic mass is 19.1. The monoisotopic (exact) mass is 295 g/mol. The van der Waals surface area contributed by atoms with E-state index in [9.17, 15) is 9.18 Å². The Morgan fingerprint density at radius 1 is 1.38 bits per heavy atom. The Labute approximate surface area is 126 Å². The van der Waals surface area contributed by atoms with Gasteiger partial charge >= 0.3 is 0 Å². The number of anilines is 1. The number of rotatable bonds is 6. The minimum absolute atomic E-state index is 0.00543. The Hall–Kier alpha value is -1.62. The predicted molar refractivity (Wildman–Crippen MR) is 85.0 cm³/mol. The van der Waals surface area contributed by atoms with E-state index in [4.69, 9.17) is 0 Å². The molecule has 0 saturated heterocycles. The summed E-state index contributed by atoms with van der Waals surface area (Å²) in [5.74, 6) is -0.255. The first-order valence-electron chi connectivity index (χ1n) is 7.11. The van der Waals surface area contributed by atoms with Crippen LogP contribution in [0.3, 0.4) is 0 Å². The lowest BCUT2D eigenvalue weighted by molar-refractivity contribution is -0.128. The largest absolute Gasteiger partial charge is 0.377 e. The number of nitrogens with one attached hydrogen (secondary N) is 2. The van der Waals surface area contributed by atoms with Crippen LogP contribution in [0.4, 0.5) is 10.1 Å². The number of amides is 1. The van der Waals surface area contributed by atoms with Crippen LogP contribution in [-0.2, 0) is 4.79 Å². The number of benzene rings is 1. The fourth-order valence-electron chi connectivity index (χ4n) is 2.21. The molecule has 118 valence electrons. The van der Waals surface area contributed by atoms with Crippen LogP contribution in [0.25, 0.3) is 0 Å². The van der Waals surface area contributed by atoms with Crippen molar-refractivity contribution in [1.29, 1.82) is 0 Å². The summed E-state index contributed by atoms with van der Waals surface area (Å²) < 4.78 is 13.4. The van der Waals surface area contributed by atoms with Crippen LogP contribution >= 0.6 is 0 Å². The Balaban J connectivity index is 2.86. The molecule has 0 unspecified atom stereocenters. The van der Waals surface area contributed by atoms with Crippen molar-refractivity contribution in [2.45, 2.75) is 26.8 Å². The number of nitrogens with zero attached hydrogens (tertiary/aromatic N) is 1. The van der Waals surface area contributed by atoms with Crippen molar-refractivity contribution in [2.75, 3.05) is 32.6 Å². The quantitative estimate of drug-likeness (QED) is 0.846. The van der Waals surface area contributed by atoms with Gasteiger partial charge in [-0.15, -0.1) is 0 Å². The first kappa shape index (κ1) is 17.4. The number of hydrogen-bond acceptors (Lipinski definition) is 3. The molecule has 4 nitrogen and oxygen atoms in total. The fourth-order valence-corrected chi connectivity index (χ4v) is 2.21. The van der Waals surface area contributed by atoms with Crippen LogP contribution in [0.5, 0.6) is 0 Å². The molecule has 0 fully saturated rings. The van der Waals surface area contributed by atoms with Gasteiger partial charge in [0.15, 0.2) is 0 Å². The molecule has 1 aromatic carbocycles. The van der Waals surface area contributed by atoms with Crippen molar-refractivity contribution in [3.05, 3.63) is 29.6 Å². The van der Waals surface area contributed by atoms with E-state index in [-0.39, 0.29) is 17.8 Å². The van der Waals surface area contributed by atoms with Crippen molar-refractivity contribution in [2.24, 2.45) is 5.41 Å². The minimum atomic E-state index is -0.499. The van der Waals surface area contributed by atoms with Gasteiger partial charge in [0.1, 0.15) is 5.82 Å². The van der Waals surface area contributed by atoms with E-state index in [0.717, 1.165) is 11.3 Å². The fraction of sp³-hybridized carbons (Fsp3) is 0.562. The van der Waals surface area contributed by atoms with Crippen LogP contribution in [0.2, 0.25) is 0 Å².